The predicted molar refractivity (Wildman–Crippen MR) is 81.9 cm³/mol. The zero-order valence-electron chi connectivity index (χ0n) is 12.9. The van der Waals surface area contributed by atoms with Gasteiger partial charge in [0.1, 0.15) is 6.04 Å². The van der Waals surface area contributed by atoms with Crippen LogP contribution < -0.4 is 11.1 Å². The molecule has 0 spiro atoms. The van der Waals surface area contributed by atoms with Crippen molar-refractivity contribution in [2.45, 2.75) is 32.7 Å². The number of carbonyl (C=O) groups is 2. The number of carbonyl (C=O) groups excluding carboxylic acids is 2. The molecule has 21 heavy (non-hydrogen) atoms. The van der Waals surface area contributed by atoms with Gasteiger partial charge in [0.05, 0.1) is 7.11 Å². The lowest BCUT2D eigenvalue weighted by Gasteiger charge is -2.18. The van der Waals surface area contributed by atoms with Gasteiger partial charge in [0.15, 0.2) is 0 Å². The van der Waals surface area contributed by atoms with Crippen molar-refractivity contribution >= 4 is 11.9 Å². The highest BCUT2D eigenvalue weighted by molar-refractivity contribution is 5.96. The highest BCUT2D eigenvalue weighted by Gasteiger charge is 2.23. The summed E-state index contributed by atoms with van der Waals surface area (Å²) >= 11 is 0. The molecule has 116 valence electrons. The lowest BCUT2D eigenvalue weighted by Crippen LogP contribution is -2.42. The molecule has 0 saturated carbocycles. The molecule has 1 rings (SSSR count). The molecule has 1 aromatic carbocycles. The SMILES string of the molecule is COC(=O)[C@H](CC(C)C)NC(=O)c1ccc(CCN)cc1. The maximum absolute atomic E-state index is 12.2. The minimum atomic E-state index is -0.619. The lowest BCUT2D eigenvalue weighted by molar-refractivity contribution is -0.143. The second kappa shape index (κ2) is 8.42. The van der Waals surface area contributed by atoms with Gasteiger partial charge in [0.25, 0.3) is 5.91 Å². The van der Waals surface area contributed by atoms with E-state index in [9.17, 15) is 9.59 Å². The molecule has 0 unspecified atom stereocenters. The van der Waals surface area contributed by atoms with Crippen molar-refractivity contribution in [2.24, 2.45) is 11.7 Å². The van der Waals surface area contributed by atoms with Crippen molar-refractivity contribution < 1.29 is 14.3 Å². The minimum absolute atomic E-state index is 0.273. The van der Waals surface area contributed by atoms with Gasteiger partial charge < -0.3 is 15.8 Å². The molecule has 0 heterocycles. The van der Waals surface area contributed by atoms with Crippen LogP contribution in [0.5, 0.6) is 0 Å². The second-order valence-corrected chi connectivity index (χ2v) is 5.41. The quantitative estimate of drug-likeness (QED) is 0.746. The van der Waals surface area contributed by atoms with Crippen LogP contribution in [0.4, 0.5) is 0 Å². The largest absolute Gasteiger partial charge is 0.467 e. The third-order valence-corrected chi connectivity index (χ3v) is 3.15. The van der Waals surface area contributed by atoms with E-state index < -0.39 is 12.0 Å². The van der Waals surface area contributed by atoms with Gasteiger partial charge in [0, 0.05) is 5.56 Å². The van der Waals surface area contributed by atoms with E-state index in [1.54, 1.807) is 12.1 Å². The Morgan fingerprint density at radius 2 is 1.86 bits per heavy atom. The van der Waals surface area contributed by atoms with Gasteiger partial charge in [-0.3, -0.25) is 4.79 Å². The summed E-state index contributed by atoms with van der Waals surface area (Å²) in [5.74, 6) is -0.413. The maximum atomic E-state index is 12.2. The number of esters is 1. The second-order valence-electron chi connectivity index (χ2n) is 5.41. The average Bonchev–Trinajstić information content (AvgIpc) is 2.46. The minimum Gasteiger partial charge on any atom is -0.467 e. The van der Waals surface area contributed by atoms with Crippen LogP contribution in [0.15, 0.2) is 24.3 Å². The van der Waals surface area contributed by atoms with Crippen molar-refractivity contribution in [1.29, 1.82) is 0 Å². The number of hydrogen-bond donors (Lipinski definition) is 2. The zero-order valence-corrected chi connectivity index (χ0v) is 12.9. The summed E-state index contributed by atoms with van der Waals surface area (Å²) in [7, 11) is 1.32. The Morgan fingerprint density at radius 1 is 1.24 bits per heavy atom. The summed E-state index contributed by atoms with van der Waals surface area (Å²) < 4.78 is 4.73. The van der Waals surface area contributed by atoms with E-state index in [-0.39, 0.29) is 11.8 Å². The van der Waals surface area contributed by atoms with E-state index in [2.05, 4.69) is 5.32 Å². The molecule has 5 heteroatoms. The fourth-order valence-electron chi connectivity index (χ4n) is 2.06. The maximum Gasteiger partial charge on any atom is 0.328 e. The van der Waals surface area contributed by atoms with Gasteiger partial charge in [-0.1, -0.05) is 26.0 Å². The van der Waals surface area contributed by atoms with E-state index in [0.29, 0.717) is 18.5 Å². The number of nitrogens with one attached hydrogen (secondary N) is 1. The van der Waals surface area contributed by atoms with Crippen LogP contribution in [-0.2, 0) is 16.0 Å². The van der Waals surface area contributed by atoms with Crippen LogP contribution in [0.3, 0.4) is 0 Å². The summed E-state index contributed by atoms with van der Waals surface area (Å²) in [6.07, 6.45) is 1.32. The van der Waals surface area contributed by atoms with Gasteiger partial charge in [-0.25, -0.2) is 4.79 Å². The Hall–Kier alpha value is -1.88. The number of ether oxygens (including phenoxy) is 1. The van der Waals surface area contributed by atoms with Crippen LogP contribution in [0.2, 0.25) is 0 Å². The van der Waals surface area contributed by atoms with Crippen LogP contribution in [0.1, 0.15) is 36.2 Å². The molecular weight excluding hydrogens is 268 g/mol. The Labute approximate surface area is 125 Å². The molecule has 0 aromatic heterocycles. The summed E-state index contributed by atoms with van der Waals surface area (Å²) in [6.45, 7) is 4.55. The van der Waals surface area contributed by atoms with Crippen LogP contribution in [0, 0.1) is 5.92 Å². The summed E-state index contributed by atoms with van der Waals surface area (Å²) in [4.78, 5) is 23.9. The molecule has 0 aliphatic heterocycles. The Bertz CT molecular complexity index is 469. The monoisotopic (exact) mass is 292 g/mol. The molecule has 1 atom stereocenters. The molecule has 0 fully saturated rings. The van der Waals surface area contributed by atoms with Crippen molar-refractivity contribution in [2.75, 3.05) is 13.7 Å². The Balaban J connectivity index is 2.74. The van der Waals surface area contributed by atoms with E-state index >= 15 is 0 Å². The molecule has 0 radical (unpaired) electrons. The van der Waals surface area contributed by atoms with E-state index in [4.69, 9.17) is 10.5 Å². The van der Waals surface area contributed by atoms with Gasteiger partial charge in [0.2, 0.25) is 0 Å². The molecule has 0 aliphatic rings. The summed E-state index contributed by atoms with van der Waals surface area (Å²) in [6, 6.07) is 6.61. The average molecular weight is 292 g/mol. The molecule has 1 amide bonds. The smallest absolute Gasteiger partial charge is 0.328 e. The normalized spacial score (nSPS) is 12.0. The fourth-order valence-corrected chi connectivity index (χ4v) is 2.06. The summed E-state index contributed by atoms with van der Waals surface area (Å²) in [5, 5.41) is 2.73. The third kappa shape index (κ3) is 5.55. The highest BCUT2D eigenvalue weighted by Crippen LogP contribution is 2.09. The van der Waals surface area contributed by atoms with Gasteiger partial charge in [-0.15, -0.1) is 0 Å². The molecule has 5 nitrogen and oxygen atoms in total. The standard InChI is InChI=1S/C16H24N2O3/c1-11(2)10-14(16(20)21-3)18-15(19)13-6-4-12(5-7-13)8-9-17/h4-7,11,14H,8-10,17H2,1-3H3,(H,18,19)/t14-/m0/s1. The number of rotatable bonds is 7. The van der Waals surface area contributed by atoms with Crippen LogP contribution in [0.25, 0.3) is 0 Å². The van der Waals surface area contributed by atoms with Crippen LogP contribution >= 0.6 is 0 Å². The predicted octanol–water partition coefficient (Wildman–Crippen LogP) is 1.51. The van der Waals surface area contributed by atoms with Gasteiger partial charge in [-0.2, -0.15) is 0 Å². The number of nitrogens with two attached hydrogens (primary N) is 1. The Kier molecular flexibility index (Phi) is 6.88. The molecule has 0 saturated heterocycles. The molecule has 1 aromatic rings. The first kappa shape index (κ1) is 17.2. The van der Waals surface area contributed by atoms with Gasteiger partial charge in [-0.05, 0) is 43.0 Å². The molecular formula is C16H24N2O3. The number of benzene rings is 1. The molecule has 0 aliphatic carbocycles. The topological polar surface area (TPSA) is 81.4 Å². The first-order chi connectivity index (χ1) is 9.97. The molecule has 0 bridgehead atoms. The van der Waals surface area contributed by atoms with Crippen molar-refractivity contribution in [3.63, 3.8) is 0 Å². The zero-order chi connectivity index (χ0) is 15.8. The van der Waals surface area contributed by atoms with Crippen molar-refractivity contribution in [3.05, 3.63) is 35.4 Å². The summed E-state index contributed by atoms with van der Waals surface area (Å²) in [5.41, 5.74) is 7.09. The third-order valence-electron chi connectivity index (χ3n) is 3.15. The Morgan fingerprint density at radius 3 is 2.33 bits per heavy atom. The van der Waals surface area contributed by atoms with Crippen molar-refractivity contribution in [3.8, 4) is 0 Å². The van der Waals surface area contributed by atoms with E-state index in [1.165, 1.54) is 7.11 Å². The van der Waals surface area contributed by atoms with Crippen molar-refractivity contribution in [1.82, 2.24) is 5.32 Å². The molecule has 3 N–H and O–H groups in total. The number of amides is 1. The fraction of sp³-hybridized carbons (Fsp3) is 0.500. The lowest BCUT2D eigenvalue weighted by atomic mass is 10.0. The van der Waals surface area contributed by atoms with Crippen LogP contribution in [-0.4, -0.2) is 31.6 Å². The highest BCUT2D eigenvalue weighted by atomic mass is 16.5. The van der Waals surface area contributed by atoms with E-state index in [1.807, 2.05) is 26.0 Å². The van der Waals surface area contributed by atoms with Gasteiger partial charge >= 0.3 is 5.97 Å². The first-order valence-corrected chi connectivity index (χ1v) is 7.15. The van der Waals surface area contributed by atoms with E-state index in [0.717, 1.165) is 12.0 Å². The number of methoxy groups -OCH3 is 1. The number of hydrogen-bond acceptors (Lipinski definition) is 4. The first-order valence-electron chi connectivity index (χ1n) is 7.15.